The first-order valence-electron chi connectivity index (χ1n) is 9.18. The van der Waals surface area contributed by atoms with Gasteiger partial charge >= 0.3 is 11.9 Å². The third-order valence-corrected chi connectivity index (χ3v) is 4.76. The minimum atomic E-state index is -0.718. The Kier molecular flexibility index (Phi) is 8.28. The van der Waals surface area contributed by atoms with Crippen LogP contribution in [0, 0.1) is 0 Å². The van der Waals surface area contributed by atoms with Crippen LogP contribution in [-0.2, 0) is 23.8 Å². The number of rotatable bonds is 8. The summed E-state index contributed by atoms with van der Waals surface area (Å²) < 4.78 is 22.0. The van der Waals surface area contributed by atoms with E-state index in [4.69, 9.17) is 18.9 Å². The summed E-state index contributed by atoms with van der Waals surface area (Å²) in [4.78, 5) is 25.8. The first-order chi connectivity index (χ1) is 13.8. The number of nitrogens with one attached hydrogen (secondary N) is 1. The Labute approximate surface area is 179 Å². The summed E-state index contributed by atoms with van der Waals surface area (Å²) in [6, 6.07) is 5.42. The number of ether oxygens (including phenoxy) is 4. The molecule has 1 N–H and O–H groups in total. The van der Waals surface area contributed by atoms with Crippen LogP contribution in [0.1, 0.15) is 32.3 Å². The van der Waals surface area contributed by atoms with Crippen LogP contribution in [-0.4, -0.2) is 45.5 Å². The number of benzene rings is 1. The topological polar surface area (TPSA) is 83.1 Å². The second kappa shape index (κ2) is 10.5. The SMILES string of the molecule is COCCOC(=O)C1=C(C)NC=C(C(=O)OC(C)C)C1c1cc(Br)ccc1OC. The number of carbonyl (C=O) groups excluding carboxylic acids is 2. The minimum absolute atomic E-state index is 0.101. The van der Waals surface area contributed by atoms with Gasteiger partial charge in [-0.05, 0) is 39.0 Å². The van der Waals surface area contributed by atoms with Crippen molar-refractivity contribution in [2.75, 3.05) is 27.4 Å². The van der Waals surface area contributed by atoms with Gasteiger partial charge in [-0.2, -0.15) is 0 Å². The van der Waals surface area contributed by atoms with E-state index < -0.39 is 17.9 Å². The molecule has 0 radical (unpaired) electrons. The molecule has 7 nitrogen and oxygen atoms in total. The fraction of sp³-hybridized carbons (Fsp3) is 0.429. The molecule has 2 rings (SSSR count). The standard InChI is InChI=1S/C21H26BrNO6/c1-12(2)29-20(24)16-11-23-13(3)18(21(25)28-9-8-26-4)19(16)15-10-14(22)6-7-17(15)27-5/h6-7,10-12,19,23H,8-9H2,1-5H3. The molecular formula is C21H26BrNO6. The quantitative estimate of drug-likeness (QED) is 0.462. The van der Waals surface area contributed by atoms with Gasteiger partial charge in [-0.25, -0.2) is 9.59 Å². The van der Waals surface area contributed by atoms with Gasteiger partial charge in [0.1, 0.15) is 12.4 Å². The van der Waals surface area contributed by atoms with Gasteiger partial charge in [-0.3, -0.25) is 0 Å². The molecule has 0 aliphatic carbocycles. The molecule has 29 heavy (non-hydrogen) atoms. The van der Waals surface area contributed by atoms with E-state index in [1.54, 1.807) is 33.0 Å². The predicted molar refractivity (Wildman–Crippen MR) is 111 cm³/mol. The molecule has 0 spiro atoms. The second-order valence-corrected chi connectivity index (χ2v) is 7.60. The molecule has 1 heterocycles. The molecule has 8 heteroatoms. The number of halogens is 1. The Hall–Kier alpha value is -2.32. The number of dihydropyridines is 1. The van der Waals surface area contributed by atoms with Crippen molar-refractivity contribution in [3.05, 3.63) is 51.3 Å². The summed E-state index contributed by atoms with van der Waals surface area (Å²) in [5, 5.41) is 2.99. The van der Waals surface area contributed by atoms with E-state index in [0.717, 1.165) is 4.47 Å². The zero-order valence-corrected chi connectivity index (χ0v) is 18.8. The summed E-state index contributed by atoms with van der Waals surface area (Å²) in [6.45, 7) is 5.67. The van der Waals surface area contributed by atoms with E-state index in [1.807, 2.05) is 12.1 Å². The van der Waals surface area contributed by atoms with Gasteiger partial charge in [0.15, 0.2) is 0 Å². The van der Waals surface area contributed by atoms with Crippen molar-refractivity contribution in [3.8, 4) is 5.75 Å². The second-order valence-electron chi connectivity index (χ2n) is 6.68. The maximum Gasteiger partial charge on any atom is 0.336 e. The first-order valence-corrected chi connectivity index (χ1v) is 9.97. The van der Waals surface area contributed by atoms with E-state index in [9.17, 15) is 9.59 Å². The van der Waals surface area contributed by atoms with Gasteiger partial charge < -0.3 is 24.3 Å². The van der Waals surface area contributed by atoms with Crippen molar-refractivity contribution in [1.82, 2.24) is 5.32 Å². The summed E-state index contributed by atoms with van der Waals surface area (Å²) in [5.74, 6) is -1.24. The monoisotopic (exact) mass is 467 g/mol. The van der Waals surface area contributed by atoms with Gasteiger partial charge in [-0.15, -0.1) is 0 Å². The number of hydrogen-bond acceptors (Lipinski definition) is 7. The Bertz CT molecular complexity index is 830. The molecule has 1 aromatic carbocycles. The van der Waals surface area contributed by atoms with Crippen LogP contribution >= 0.6 is 15.9 Å². The highest BCUT2D eigenvalue weighted by molar-refractivity contribution is 9.10. The zero-order chi connectivity index (χ0) is 21.6. The Morgan fingerprint density at radius 3 is 2.52 bits per heavy atom. The minimum Gasteiger partial charge on any atom is -0.496 e. The highest BCUT2D eigenvalue weighted by Gasteiger charge is 2.38. The van der Waals surface area contributed by atoms with Crippen molar-refractivity contribution in [2.24, 2.45) is 0 Å². The Morgan fingerprint density at radius 2 is 1.90 bits per heavy atom. The van der Waals surface area contributed by atoms with Crippen molar-refractivity contribution in [2.45, 2.75) is 32.8 Å². The molecule has 0 aromatic heterocycles. The largest absolute Gasteiger partial charge is 0.496 e. The lowest BCUT2D eigenvalue weighted by Gasteiger charge is -2.29. The fourth-order valence-electron chi connectivity index (χ4n) is 3.00. The van der Waals surface area contributed by atoms with Gasteiger partial charge in [0.05, 0.1) is 36.9 Å². The molecule has 0 saturated heterocycles. The Morgan fingerprint density at radius 1 is 1.17 bits per heavy atom. The summed E-state index contributed by atoms with van der Waals surface area (Å²) in [6.07, 6.45) is 1.26. The van der Waals surface area contributed by atoms with Gasteiger partial charge in [0.2, 0.25) is 0 Å². The third-order valence-electron chi connectivity index (χ3n) is 4.27. The molecule has 0 fully saturated rings. The molecule has 1 atom stereocenters. The van der Waals surface area contributed by atoms with Crippen LogP contribution in [0.4, 0.5) is 0 Å². The predicted octanol–water partition coefficient (Wildman–Crippen LogP) is 3.44. The highest BCUT2D eigenvalue weighted by atomic mass is 79.9. The number of methoxy groups -OCH3 is 2. The lowest BCUT2D eigenvalue weighted by molar-refractivity contribution is -0.143. The highest BCUT2D eigenvalue weighted by Crippen LogP contribution is 2.42. The average Bonchev–Trinajstić information content (AvgIpc) is 2.67. The van der Waals surface area contributed by atoms with E-state index in [-0.39, 0.29) is 19.3 Å². The summed E-state index contributed by atoms with van der Waals surface area (Å²) in [5.41, 5.74) is 1.84. The summed E-state index contributed by atoms with van der Waals surface area (Å²) >= 11 is 3.46. The van der Waals surface area contributed by atoms with Crippen molar-refractivity contribution >= 4 is 27.9 Å². The molecule has 1 aliphatic heterocycles. The average molecular weight is 468 g/mol. The van der Waals surface area contributed by atoms with Crippen LogP contribution in [0.3, 0.4) is 0 Å². The molecule has 0 saturated carbocycles. The molecule has 158 valence electrons. The molecule has 1 unspecified atom stereocenters. The number of hydrogen-bond donors (Lipinski definition) is 1. The van der Waals surface area contributed by atoms with E-state index >= 15 is 0 Å². The van der Waals surface area contributed by atoms with E-state index in [1.165, 1.54) is 14.2 Å². The van der Waals surface area contributed by atoms with Crippen LogP contribution in [0.2, 0.25) is 0 Å². The van der Waals surface area contributed by atoms with Gasteiger partial charge in [-0.1, -0.05) is 15.9 Å². The Balaban J connectivity index is 2.57. The van der Waals surface area contributed by atoms with Gasteiger partial charge in [0.25, 0.3) is 0 Å². The van der Waals surface area contributed by atoms with Crippen LogP contribution < -0.4 is 10.1 Å². The number of allylic oxidation sites excluding steroid dienone is 1. The maximum absolute atomic E-state index is 12.9. The molecule has 1 aliphatic rings. The van der Waals surface area contributed by atoms with Crippen molar-refractivity contribution < 1.29 is 28.5 Å². The van der Waals surface area contributed by atoms with Crippen molar-refractivity contribution in [3.63, 3.8) is 0 Å². The lowest BCUT2D eigenvalue weighted by Crippen LogP contribution is -2.31. The number of carbonyl (C=O) groups is 2. The normalized spacial score (nSPS) is 16.2. The van der Waals surface area contributed by atoms with Gasteiger partial charge in [0, 0.05) is 29.0 Å². The van der Waals surface area contributed by atoms with Crippen LogP contribution in [0.25, 0.3) is 0 Å². The molecule has 1 aromatic rings. The zero-order valence-electron chi connectivity index (χ0n) is 17.2. The lowest BCUT2D eigenvalue weighted by atomic mass is 9.81. The van der Waals surface area contributed by atoms with Crippen LogP contribution in [0.15, 0.2) is 45.7 Å². The fourth-order valence-corrected chi connectivity index (χ4v) is 3.38. The maximum atomic E-state index is 12.9. The first kappa shape index (κ1) is 23.0. The third kappa shape index (κ3) is 5.61. The van der Waals surface area contributed by atoms with E-state index in [0.29, 0.717) is 28.2 Å². The van der Waals surface area contributed by atoms with Crippen molar-refractivity contribution in [1.29, 1.82) is 0 Å². The number of esters is 2. The van der Waals surface area contributed by atoms with E-state index in [2.05, 4.69) is 21.2 Å². The molecule has 0 amide bonds. The summed E-state index contributed by atoms with van der Waals surface area (Å²) in [7, 11) is 3.06. The molecular weight excluding hydrogens is 442 g/mol. The smallest absolute Gasteiger partial charge is 0.336 e. The molecule has 0 bridgehead atoms. The van der Waals surface area contributed by atoms with Crippen LogP contribution in [0.5, 0.6) is 5.75 Å².